The summed E-state index contributed by atoms with van der Waals surface area (Å²) in [4.78, 5) is 0.287. The molecule has 0 bridgehead atoms. The van der Waals surface area contributed by atoms with Crippen molar-refractivity contribution in [3.63, 3.8) is 0 Å². The monoisotopic (exact) mass is 370 g/mol. The molecule has 0 aromatic heterocycles. The summed E-state index contributed by atoms with van der Waals surface area (Å²) < 4.78 is 27.3. The fourth-order valence-corrected chi connectivity index (χ4v) is 2.99. The molecule has 19 heavy (non-hydrogen) atoms. The molecule has 0 atom stereocenters. The van der Waals surface area contributed by atoms with Gasteiger partial charge in [-0.15, -0.1) is 12.4 Å². The van der Waals surface area contributed by atoms with Crippen molar-refractivity contribution in [3.8, 4) is 0 Å². The summed E-state index contributed by atoms with van der Waals surface area (Å²) in [5.41, 5.74) is 1.01. The molecule has 0 aliphatic carbocycles. The molecule has 0 fully saturated rings. The number of hydrogen-bond donors (Lipinski definition) is 2. The Morgan fingerprint density at radius 2 is 1.89 bits per heavy atom. The lowest BCUT2D eigenvalue weighted by molar-refractivity contribution is 0.575. The van der Waals surface area contributed by atoms with Crippen LogP contribution in [0, 0.1) is 6.92 Å². The second kappa shape index (κ2) is 8.92. The predicted molar refractivity (Wildman–Crippen MR) is 84.5 cm³/mol. The van der Waals surface area contributed by atoms with Gasteiger partial charge >= 0.3 is 0 Å². The van der Waals surface area contributed by atoms with E-state index in [2.05, 4.69) is 32.9 Å². The summed E-state index contributed by atoms with van der Waals surface area (Å²) in [7, 11) is -3.41. The number of nitrogens with one attached hydrogen (secondary N) is 2. The lowest BCUT2D eigenvalue weighted by Gasteiger charge is -2.08. The Balaban J connectivity index is 0.00000324. The molecule has 1 aromatic rings. The molecular formula is C12H20BrClN2O2S. The summed E-state index contributed by atoms with van der Waals surface area (Å²) in [6.07, 6.45) is 1.04. The Kier molecular flexibility index (Phi) is 8.85. The first-order valence-corrected chi connectivity index (χ1v) is 8.21. The second-order valence-electron chi connectivity index (χ2n) is 4.06. The SMILES string of the molecule is CCCNCCNS(=O)(=O)c1ccc(C)c(Br)c1.Cl. The lowest BCUT2D eigenvalue weighted by Crippen LogP contribution is -2.32. The molecule has 0 spiro atoms. The number of rotatable bonds is 7. The summed E-state index contributed by atoms with van der Waals surface area (Å²) in [6.45, 7) is 5.93. The highest BCUT2D eigenvalue weighted by atomic mass is 79.9. The van der Waals surface area contributed by atoms with E-state index in [0.717, 1.165) is 23.0 Å². The third kappa shape index (κ3) is 6.23. The lowest BCUT2D eigenvalue weighted by atomic mass is 10.2. The summed E-state index contributed by atoms with van der Waals surface area (Å²) >= 11 is 3.34. The first-order chi connectivity index (χ1) is 8.47. The smallest absolute Gasteiger partial charge is 0.240 e. The van der Waals surface area contributed by atoms with Crippen molar-refractivity contribution >= 4 is 38.4 Å². The molecule has 0 saturated heterocycles. The summed E-state index contributed by atoms with van der Waals surface area (Å²) in [5, 5.41) is 3.14. The molecule has 1 aromatic carbocycles. The van der Waals surface area contributed by atoms with Crippen LogP contribution in [0.1, 0.15) is 18.9 Å². The highest BCUT2D eigenvalue weighted by molar-refractivity contribution is 9.10. The van der Waals surface area contributed by atoms with Crippen LogP contribution in [0.3, 0.4) is 0 Å². The van der Waals surface area contributed by atoms with Crippen LogP contribution in [0.4, 0.5) is 0 Å². The largest absolute Gasteiger partial charge is 0.315 e. The second-order valence-corrected chi connectivity index (χ2v) is 6.68. The zero-order valence-corrected chi connectivity index (χ0v) is 14.3. The molecule has 1 rings (SSSR count). The Morgan fingerprint density at radius 3 is 2.47 bits per heavy atom. The van der Waals surface area contributed by atoms with E-state index in [1.165, 1.54) is 0 Å². The van der Waals surface area contributed by atoms with Crippen molar-refractivity contribution in [2.45, 2.75) is 25.2 Å². The minimum absolute atomic E-state index is 0. The Labute approximate surface area is 130 Å². The van der Waals surface area contributed by atoms with E-state index < -0.39 is 10.0 Å². The van der Waals surface area contributed by atoms with Crippen LogP contribution in [-0.4, -0.2) is 28.1 Å². The van der Waals surface area contributed by atoms with Gasteiger partial charge in [-0.05, 0) is 37.6 Å². The Bertz CT molecular complexity index is 495. The van der Waals surface area contributed by atoms with Gasteiger partial charge in [-0.2, -0.15) is 0 Å². The van der Waals surface area contributed by atoms with E-state index >= 15 is 0 Å². The first kappa shape index (κ1) is 18.9. The van der Waals surface area contributed by atoms with Gasteiger partial charge in [0.2, 0.25) is 10.0 Å². The third-order valence-electron chi connectivity index (χ3n) is 2.47. The third-order valence-corrected chi connectivity index (χ3v) is 4.79. The maximum Gasteiger partial charge on any atom is 0.240 e. The van der Waals surface area contributed by atoms with Crippen molar-refractivity contribution in [3.05, 3.63) is 28.2 Å². The molecule has 0 radical (unpaired) electrons. The molecule has 4 nitrogen and oxygen atoms in total. The van der Waals surface area contributed by atoms with Crippen molar-refractivity contribution < 1.29 is 8.42 Å². The number of benzene rings is 1. The Morgan fingerprint density at radius 1 is 1.21 bits per heavy atom. The number of sulfonamides is 1. The van der Waals surface area contributed by atoms with Crippen LogP contribution in [0.5, 0.6) is 0 Å². The van der Waals surface area contributed by atoms with E-state index in [4.69, 9.17) is 0 Å². The van der Waals surface area contributed by atoms with Crippen LogP contribution >= 0.6 is 28.3 Å². The maximum atomic E-state index is 12.0. The molecule has 110 valence electrons. The van der Waals surface area contributed by atoms with Gasteiger partial charge in [-0.1, -0.05) is 28.9 Å². The van der Waals surface area contributed by atoms with Gasteiger partial charge in [-0.3, -0.25) is 0 Å². The fourth-order valence-electron chi connectivity index (χ4n) is 1.40. The number of halogens is 2. The zero-order chi connectivity index (χ0) is 13.6. The van der Waals surface area contributed by atoms with Crippen molar-refractivity contribution in [1.29, 1.82) is 0 Å². The molecule has 0 unspecified atom stereocenters. The van der Waals surface area contributed by atoms with E-state index in [0.29, 0.717) is 13.1 Å². The molecule has 0 aliphatic heterocycles. The molecule has 0 heterocycles. The van der Waals surface area contributed by atoms with Gasteiger partial charge in [0.15, 0.2) is 0 Å². The number of hydrogen-bond acceptors (Lipinski definition) is 3. The van der Waals surface area contributed by atoms with Crippen LogP contribution in [-0.2, 0) is 10.0 Å². The quantitative estimate of drug-likeness (QED) is 0.724. The molecule has 0 aliphatic rings. The Hall–Kier alpha value is -0.140. The van der Waals surface area contributed by atoms with E-state index in [1.54, 1.807) is 18.2 Å². The first-order valence-electron chi connectivity index (χ1n) is 5.94. The maximum absolute atomic E-state index is 12.0. The van der Waals surface area contributed by atoms with Gasteiger partial charge in [-0.25, -0.2) is 13.1 Å². The number of aryl methyl sites for hydroxylation is 1. The van der Waals surface area contributed by atoms with Crippen molar-refractivity contribution in [2.24, 2.45) is 0 Å². The van der Waals surface area contributed by atoms with Gasteiger partial charge < -0.3 is 5.32 Å². The van der Waals surface area contributed by atoms with Crippen LogP contribution in [0.15, 0.2) is 27.6 Å². The molecule has 7 heteroatoms. The molecule has 2 N–H and O–H groups in total. The van der Waals surface area contributed by atoms with Crippen molar-refractivity contribution in [2.75, 3.05) is 19.6 Å². The topological polar surface area (TPSA) is 58.2 Å². The summed E-state index contributed by atoms with van der Waals surface area (Å²) in [5.74, 6) is 0. The molecular weight excluding hydrogens is 352 g/mol. The van der Waals surface area contributed by atoms with Gasteiger partial charge in [0, 0.05) is 17.6 Å². The molecule has 0 amide bonds. The van der Waals surface area contributed by atoms with Crippen LogP contribution in [0.2, 0.25) is 0 Å². The zero-order valence-electron chi connectivity index (χ0n) is 11.1. The van der Waals surface area contributed by atoms with Crippen molar-refractivity contribution in [1.82, 2.24) is 10.0 Å². The van der Waals surface area contributed by atoms with Gasteiger partial charge in [0.25, 0.3) is 0 Å². The van der Waals surface area contributed by atoms with Crippen LogP contribution in [0.25, 0.3) is 0 Å². The average molecular weight is 372 g/mol. The van der Waals surface area contributed by atoms with Crippen LogP contribution < -0.4 is 10.0 Å². The minimum Gasteiger partial charge on any atom is -0.315 e. The molecule has 0 saturated carbocycles. The highest BCUT2D eigenvalue weighted by Crippen LogP contribution is 2.20. The van der Waals surface area contributed by atoms with Gasteiger partial charge in [0.1, 0.15) is 0 Å². The minimum atomic E-state index is -3.41. The normalized spacial score (nSPS) is 11.1. The van der Waals surface area contributed by atoms with E-state index in [9.17, 15) is 8.42 Å². The predicted octanol–water partition coefficient (Wildman–Crippen LogP) is 2.46. The fraction of sp³-hybridized carbons (Fsp3) is 0.500. The van der Waals surface area contributed by atoms with E-state index in [-0.39, 0.29) is 17.3 Å². The van der Waals surface area contributed by atoms with Gasteiger partial charge in [0.05, 0.1) is 4.90 Å². The summed E-state index contributed by atoms with van der Waals surface area (Å²) in [6, 6.07) is 5.02. The average Bonchev–Trinajstić information content (AvgIpc) is 2.32. The van der Waals surface area contributed by atoms with E-state index in [1.807, 2.05) is 6.92 Å². The standard InChI is InChI=1S/C12H19BrN2O2S.ClH/c1-3-6-14-7-8-15-18(16,17)11-5-4-10(2)12(13)9-11;/h4-5,9,14-15H,3,6-8H2,1-2H3;1H. The highest BCUT2D eigenvalue weighted by Gasteiger charge is 2.13.